The number of aliphatic hydroxyl groups excluding tert-OH is 1. The summed E-state index contributed by atoms with van der Waals surface area (Å²) >= 11 is 0. The first-order chi connectivity index (χ1) is 7.83. The average molecular weight is 247 g/mol. The van der Waals surface area contributed by atoms with Gasteiger partial charge in [0.1, 0.15) is 0 Å². The molecule has 2 N–H and O–H groups in total. The number of hydrogen-bond donors (Lipinski definition) is 2. The Labute approximate surface area is 106 Å². The van der Waals surface area contributed by atoms with E-state index < -0.39 is 0 Å². The van der Waals surface area contributed by atoms with E-state index in [1.165, 1.54) is 0 Å². The zero-order valence-electron chi connectivity index (χ0n) is 12.0. The fourth-order valence-electron chi connectivity index (χ4n) is 1.28. The Hall–Kier alpha value is -0.160. The number of hydrogen-bond acceptors (Lipinski definition) is 4. The second kappa shape index (κ2) is 8.03. The molecular weight excluding hydrogens is 218 g/mol. The number of nitrogens with one attached hydrogen (secondary N) is 1. The molecule has 0 fully saturated rings. The van der Waals surface area contributed by atoms with E-state index in [1.807, 2.05) is 27.7 Å². The van der Waals surface area contributed by atoms with Gasteiger partial charge >= 0.3 is 0 Å². The number of ether oxygens (including phenoxy) is 2. The Morgan fingerprint density at radius 2 is 1.76 bits per heavy atom. The van der Waals surface area contributed by atoms with Crippen molar-refractivity contribution >= 4 is 0 Å². The van der Waals surface area contributed by atoms with Crippen molar-refractivity contribution in [1.82, 2.24) is 5.32 Å². The van der Waals surface area contributed by atoms with E-state index in [4.69, 9.17) is 9.47 Å². The Kier molecular flexibility index (Phi) is 7.96. The molecule has 0 aromatic carbocycles. The molecule has 104 valence electrons. The fourth-order valence-corrected chi connectivity index (χ4v) is 1.28. The normalized spacial score (nSPS) is 15.9. The molecule has 0 spiro atoms. The van der Waals surface area contributed by atoms with Gasteiger partial charge in [-0.05, 0) is 40.7 Å². The van der Waals surface area contributed by atoms with Gasteiger partial charge < -0.3 is 19.9 Å². The standard InChI is InChI=1S/C13H29NO3/c1-6-7-14-13(5,10-15)11-16-8-9-17-12(2,3)4/h14-15H,6-11H2,1-5H3. The van der Waals surface area contributed by atoms with Gasteiger partial charge in [0.05, 0.1) is 37.6 Å². The highest BCUT2D eigenvalue weighted by atomic mass is 16.5. The molecule has 1 unspecified atom stereocenters. The molecule has 0 aromatic rings. The molecule has 0 amide bonds. The molecule has 0 aromatic heterocycles. The molecule has 1 atom stereocenters. The predicted molar refractivity (Wildman–Crippen MR) is 70.3 cm³/mol. The van der Waals surface area contributed by atoms with Crippen molar-refractivity contribution < 1.29 is 14.6 Å². The van der Waals surface area contributed by atoms with Crippen molar-refractivity contribution in [3.05, 3.63) is 0 Å². The third-order valence-electron chi connectivity index (χ3n) is 2.33. The van der Waals surface area contributed by atoms with Gasteiger partial charge in [-0.1, -0.05) is 6.92 Å². The van der Waals surface area contributed by atoms with E-state index in [-0.39, 0.29) is 17.7 Å². The minimum absolute atomic E-state index is 0.0765. The van der Waals surface area contributed by atoms with Crippen molar-refractivity contribution in [3.63, 3.8) is 0 Å². The molecular formula is C13H29NO3. The number of rotatable bonds is 9. The molecule has 17 heavy (non-hydrogen) atoms. The fraction of sp³-hybridized carbons (Fsp3) is 1.00. The second-order valence-corrected chi connectivity index (χ2v) is 5.66. The Bertz CT molecular complexity index is 192. The van der Waals surface area contributed by atoms with Gasteiger partial charge in [-0.3, -0.25) is 0 Å². The van der Waals surface area contributed by atoms with Crippen LogP contribution in [0.1, 0.15) is 41.0 Å². The van der Waals surface area contributed by atoms with Gasteiger partial charge in [0.2, 0.25) is 0 Å². The van der Waals surface area contributed by atoms with E-state index >= 15 is 0 Å². The van der Waals surface area contributed by atoms with Gasteiger partial charge in [-0.25, -0.2) is 0 Å². The molecule has 0 aliphatic rings. The second-order valence-electron chi connectivity index (χ2n) is 5.66. The zero-order valence-corrected chi connectivity index (χ0v) is 12.0. The molecule has 4 heteroatoms. The molecule has 0 saturated carbocycles. The van der Waals surface area contributed by atoms with E-state index in [1.54, 1.807) is 0 Å². The quantitative estimate of drug-likeness (QED) is 0.607. The molecule has 0 bridgehead atoms. The van der Waals surface area contributed by atoms with Crippen LogP contribution in [-0.4, -0.2) is 49.2 Å². The van der Waals surface area contributed by atoms with Gasteiger partial charge in [0, 0.05) is 0 Å². The van der Waals surface area contributed by atoms with Crippen LogP contribution in [0.15, 0.2) is 0 Å². The summed E-state index contributed by atoms with van der Waals surface area (Å²) in [4.78, 5) is 0. The summed E-state index contributed by atoms with van der Waals surface area (Å²) in [7, 11) is 0. The number of aliphatic hydroxyl groups is 1. The van der Waals surface area contributed by atoms with Crippen LogP contribution >= 0.6 is 0 Å². The van der Waals surface area contributed by atoms with Crippen LogP contribution in [0.5, 0.6) is 0 Å². The highest BCUT2D eigenvalue weighted by molar-refractivity contribution is 4.81. The smallest absolute Gasteiger partial charge is 0.0707 e. The molecule has 0 saturated heterocycles. The van der Waals surface area contributed by atoms with Gasteiger partial charge in [0.15, 0.2) is 0 Å². The zero-order chi connectivity index (χ0) is 13.4. The largest absolute Gasteiger partial charge is 0.394 e. The SMILES string of the molecule is CCCNC(C)(CO)COCCOC(C)(C)C. The lowest BCUT2D eigenvalue weighted by molar-refractivity contribution is -0.0459. The van der Waals surface area contributed by atoms with Crippen LogP contribution in [0.2, 0.25) is 0 Å². The predicted octanol–water partition coefficient (Wildman–Crippen LogP) is 1.57. The first-order valence-electron chi connectivity index (χ1n) is 6.40. The maximum atomic E-state index is 9.32. The summed E-state index contributed by atoms with van der Waals surface area (Å²) < 4.78 is 11.1. The summed E-state index contributed by atoms with van der Waals surface area (Å²) in [5, 5.41) is 12.6. The minimum Gasteiger partial charge on any atom is -0.394 e. The van der Waals surface area contributed by atoms with Crippen molar-refractivity contribution in [1.29, 1.82) is 0 Å². The van der Waals surface area contributed by atoms with Crippen LogP contribution in [0.25, 0.3) is 0 Å². The average Bonchev–Trinajstić information content (AvgIpc) is 2.24. The van der Waals surface area contributed by atoms with E-state index in [2.05, 4.69) is 12.2 Å². The lowest BCUT2D eigenvalue weighted by atomic mass is 10.1. The van der Waals surface area contributed by atoms with E-state index in [0.29, 0.717) is 19.8 Å². The van der Waals surface area contributed by atoms with E-state index in [9.17, 15) is 5.11 Å². The lowest BCUT2D eigenvalue weighted by Gasteiger charge is -2.28. The molecule has 4 nitrogen and oxygen atoms in total. The Morgan fingerprint density at radius 1 is 1.12 bits per heavy atom. The topological polar surface area (TPSA) is 50.7 Å². The molecule has 0 radical (unpaired) electrons. The molecule has 0 aliphatic carbocycles. The maximum Gasteiger partial charge on any atom is 0.0707 e. The van der Waals surface area contributed by atoms with Crippen LogP contribution in [0.4, 0.5) is 0 Å². The molecule has 0 heterocycles. The monoisotopic (exact) mass is 247 g/mol. The van der Waals surface area contributed by atoms with Gasteiger partial charge in [-0.15, -0.1) is 0 Å². The van der Waals surface area contributed by atoms with Gasteiger partial charge in [-0.2, -0.15) is 0 Å². The highest BCUT2D eigenvalue weighted by Crippen LogP contribution is 2.07. The maximum absolute atomic E-state index is 9.32. The summed E-state index contributed by atoms with van der Waals surface area (Å²) in [6.45, 7) is 12.7. The minimum atomic E-state index is -0.349. The van der Waals surface area contributed by atoms with Gasteiger partial charge in [0.25, 0.3) is 0 Å². The Balaban J connectivity index is 3.69. The summed E-state index contributed by atoms with van der Waals surface area (Å²) in [6, 6.07) is 0. The first kappa shape index (κ1) is 16.8. The van der Waals surface area contributed by atoms with Crippen LogP contribution in [-0.2, 0) is 9.47 Å². The lowest BCUT2D eigenvalue weighted by Crippen LogP contribution is -2.50. The third-order valence-corrected chi connectivity index (χ3v) is 2.33. The van der Waals surface area contributed by atoms with E-state index in [0.717, 1.165) is 13.0 Å². The molecule has 0 aliphatic heterocycles. The van der Waals surface area contributed by atoms with Crippen molar-refractivity contribution in [2.24, 2.45) is 0 Å². The van der Waals surface area contributed by atoms with Crippen molar-refractivity contribution in [2.75, 3.05) is 33.0 Å². The van der Waals surface area contributed by atoms with Crippen molar-refractivity contribution in [3.8, 4) is 0 Å². The van der Waals surface area contributed by atoms with Crippen LogP contribution in [0.3, 0.4) is 0 Å². The summed E-state index contributed by atoms with van der Waals surface area (Å²) in [5.74, 6) is 0. The van der Waals surface area contributed by atoms with Crippen molar-refractivity contribution in [2.45, 2.75) is 52.2 Å². The Morgan fingerprint density at radius 3 is 2.24 bits per heavy atom. The first-order valence-corrected chi connectivity index (χ1v) is 6.40. The van der Waals surface area contributed by atoms with Crippen LogP contribution < -0.4 is 5.32 Å². The third kappa shape index (κ3) is 9.53. The highest BCUT2D eigenvalue weighted by Gasteiger charge is 2.22. The molecule has 0 rings (SSSR count). The summed E-state index contributed by atoms with van der Waals surface area (Å²) in [6.07, 6.45) is 1.04. The van der Waals surface area contributed by atoms with Crippen LogP contribution in [0, 0.1) is 0 Å². The summed E-state index contributed by atoms with van der Waals surface area (Å²) in [5.41, 5.74) is -0.470.